The molecule has 0 rings (SSSR count). The molecule has 0 aromatic rings. The van der Waals surface area contributed by atoms with Crippen LogP contribution in [0.4, 0.5) is 0 Å². The first-order valence-corrected chi connectivity index (χ1v) is 17.1. The summed E-state index contributed by atoms with van der Waals surface area (Å²) in [6.45, 7) is 9.42. The Morgan fingerprint density at radius 2 is 0.720 bits per heavy atom. The van der Waals surface area contributed by atoms with Crippen molar-refractivity contribution in [3.8, 4) is 0 Å². The fourth-order valence-corrected chi connectivity index (χ4v) is 3.53. The predicted octanol–water partition coefficient (Wildman–Crippen LogP) is 1.24. The van der Waals surface area contributed by atoms with Crippen LogP contribution in [0.5, 0.6) is 0 Å². The van der Waals surface area contributed by atoms with Crippen molar-refractivity contribution in [2.24, 2.45) is 0 Å². The number of Topliss-reactive ketones (excluding diaryl/α,β-unsaturated/α-hetero) is 1. The fourth-order valence-electron chi connectivity index (χ4n) is 3.53. The topological polar surface area (TPSA) is 196 Å². The zero-order chi connectivity index (χ0) is 36.8. The molecule has 0 unspecified atom stereocenters. The third-order valence-corrected chi connectivity index (χ3v) is 6.08. The summed E-state index contributed by atoms with van der Waals surface area (Å²) in [5.74, 6) is -4.07. The molecule has 17 nitrogen and oxygen atoms in total. The van der Waals surface area contributed by atoms with Gasteiger partial charge in [0.2, 0.25) is 5.78 Å². The maximum absolute atomic E-state index is 11.9. The molecular formula is C33H58O17. The third kappa shape index (κ3) is 35.2. The summed E-state index contributed by atoms with van der Waals surface area (Å²) in [5, 5.41) is 0. The largest absolute Gasteiger partial charge is 0.463 e. The molecule has 0 fully saturated rings. The van der Waals surface area contributed by atoms with Gasteiger partial charge in [-0.15, -0.1) is 0 Å². The molecule has 0 N–H and O–H groups in total. The first-order chi connectivity index (χ1) is 24.4. The number of carbonyl (C=O) groups excluding carboxylic acids is 5. The number of methoxy groups -OCH3 is 1. The van der Waals surface area contributed by atoms with Crippen molar-refractivity contribution in [1.29, 1.82) is 0 Å². The van der Waals surface area contributed by atoms with Crippen molar-refractivity contribution < 1.29 is 80.8 Å². The van der Waals surface area contributed by atoms with Gasteiger partial charge in [0.15, 0.2) is 0 Å². The van der Waals surface area contributed by atoms with E-state index in [-0.39, 0.29) is 65.0 Å². The van der Waals surface area contributed by atoms with Crippen molar-refractivity contribution in [3.63, 3.8) is 0 Å². The number of unbranched alkanes of at least 4 members (excludes halogenated alkanes) is 1. The zero-order valence-electron chi connectivity index (χ0n) is 29.8. The summed E-state index contributed by atoms with van der Waals surface area (Å²) < 4.78 is 61.9. The highest BCUT2D eigenvalue weighted by Gasteiger charge is 2.19. The van der Waals surface area contributed by atoms with Crippen LogP contribution in [0.3, 0.4) is 0 Å². The summed E-state index contributed by atoms with van der Waals surface area (Å²) >= 11 is 0. The minimum atomic E-state index is -1.28. The minimum Gasteiger partial charge on any atom is -0.463 e. The number of carbonyl (C=O) groups is 5. The van der Waals surface area contributed by atoms with Crippen LogP contribution in [-0.2, 0) is 80.8 Å². The van der Waals surface area contributed by atoms with Gasteiger partial charge in [-0.3, -0.25) is 19.2 Å². The molecule has 0 aliphatic carbocycles. The Hall–Kier alpha value is -2.61. The molecule has 292 valence electrons. The molecule has 0 aromatic carbocycles. The SMILES string of the molecule is CCOCCOCCOCCOCCOC(=O)CCCC(=O)C(=O)OC(=O)CCCCC(=O)OCCOCCOCCOCCOCCOC. The Bertz CT molecular complexity index is 854. The summed E-state index contributed by atoms with van der Waals surface area (Å²) in [7, 11) is 1.61. The summed E-state index contributed by atoms with van der Waals surface area (Å²) in [6, 6.07) is 0. The Balaban J connectivity index is 3.57. The Morgan fingerprint density at radius 1 is 0.380 bits per heavy atom. The minimum absolute atomic E-state index is 0.0391. The number of rotatable bonds is 38. The second-order valence-corrected chi connectivity index (χ2v) is 10.2. The second-order valence-electron chi connectivity index (χ2n) is 10.2. The van der Waals surface area contributed by atoms with Crippen LogP contribution in [-0.4, -0.2) is 162 Å². The van der Waals surface area contributed by atoms with Crippen molar-refractivity contribution in [1.82, 2.24) is 0 Å². The molecule has 0 radical (unpaired) electrons. The van der Waals surface area contributed by atoms with Crippen LogP contribution < -0.4 is 0 Å². The molecule has 0 aliphatic rings. The van der Waals surface area contributed by atoms with E-state index in [9.17, 15) is 24.0 Å². The number of ketones is 1. The van der Waals surface area contributed by atoms with E-state index in [1.807, 2.05) is 6.92 Å². The monoisotopic (exact) mass is 726 g/mol. The lowest BCUT2D eigenvalue weighted by Gasteiger charge is -2.08. The fraction of sp³-hybridized carbons (Fsp3) is 0.848. The lowest BCUT2D eigenvalue weighted by Crippen LogP contribution is -2.21. The van der Waals surface area contributed by atoms with Crippen molar-refractivity contribution in [2.45, 2.75) is 51.9 Å². The molecular weight excluding hydrogens is 668 g/mol. The summed E-state index contributed by atoms with van der Waals surface area (Å²) in [4.78, 5) is 59.2. The van der Waals surface area contributed by atoms with Gasteiger partial charge in [-0.05, 0) is 26.2 Å². The molecule has 0 amide bonds. The maximum Gasteiger partial charge on any atom is 0.382 e. The van der Waals surface area contributed by atoms with Crippen LogP contribution in [0.2, 0.25) is 0 Å². The zero-order valence-corrected chi connectivity index (χ0v) is 29.8. The average molecular weight is 727 g/mol. The maximum atomic E-state index is 11.9. The van der Waals surface area contributed by atoms with Crippen molar-refractivity contribution in [3.05, 3.63) is 0 Å². The summed E-state index contributed by atoms with van der Waals surface area (Å²) in [5.41, 5.74) is 0. The van der Waals surface area contributed by atoms with Crippen LogP contribution in [0.25, 0.3) is 0 Å². The van der Waals surface area contributed by atoms with Gasteiger partial charge < -0.3 is 56.8 Å². The van der Waals surface area contributed by atoms with Gasteiger partial charge in [0.25, 0.3) is 0 Å². The molecule has 0 saturated heterocycles. The van der Waals surface area contributed by atoms with Crippen LogP contribution >= 0.6 is 0 Å². The molecule has 0 aliphatic heterocycles. The van der Waals surface area contributed by atoms with Gasteiger partial charge in [0.1, 0.15) is 13.2 Å². The van der Waals surface area contributed by atoms with Crippen LogP contribution in [0, 0.1) is 0 Å². The number of hydrogen-bond acceptors (Lipinski definition) is 17. The number of ether oxygens (including phenoxy) is 12. The molecule has 17 heteroatoms. The van der Waals surface area contributed by atoms with Gasteiger partial charge in [0, 0.05) is 39.4 Å². The highest BCUT2D eigenvalue weighted by atomic mass is 16.6. The normalized spacial score (nSPS) is 11.0. The van der Waals surface area contributed by atoms with Gasteiger partial charge in [0.05, 0.1) is 106 Å². The molecule has 0 atom stereocenters. The van der Waals surface area contributed by atoms with E-state index < -0.39 is 29.7 Å². The van der Waals surface area contributed by atoms with E-state index in [2.05, 4.69) is 4.74 Å². The molecule has 0 aromatic heterocycles. The predicted molar refractivity (Wildman–Crippen MR) is 174 cm³/mol. The van der Waals surface area contributed by atoms with Crippen molar-refractivity contribution >= 4 is 29.7 Å². The molecule has 0 saturated carbocycles. The quantitative estimate of drug-likeness (QED) is 0.0289. The third-order valence-electron chi connectivity index (χ3n) is 6.08. The Labute approximate surface area is 295 Å². The number of esters is 4. The first kappa shape index (κ1) is 47.4. The second kappa shape index (κ2) is 37.6. The van der Waals surface area contributed by atoms with Gasteiger partial charge in [-0.1, -0.05) is 0 Å². The molecule has 0 bridgehead atoms. The van der Waals surface area contributed by atoms with Gasteiger partial charge >= 0.3 is 23.9 Å². The molecule has 0 heterocycles. The molecule has 50 heavy (non-hydrogen) atoms. The lowest BCUT2D eigenvalue weighted by atomic mass is 10.2. The smallest absolute Gasteiger partial charge is 0.382 e. The van der Waals surface area contributed by atoms with E-state index in [1.54, 1.807) is 7.11 Å². The van der Waals surface area contributed by atoms with E-state index in [0.29, 0.717) is 106 Å². The van der Waals surface area contributed by atoms with E-state index in [1.165, 1.54) is 0 Å². The van der Waals surface area contributed by atoms with Gasteiger partial charge in [-0.25, -0.2) is 4.79 Å². The Kier molecular flexibility index (Phi) is 35.7. The van der Waals surface area contributed by atoms with E-state index in [4.69, 9.17) is 52.1 Å². The van der Waals surface area contributed by atoms with Crippen LogP contribution in [0.15, 0.2) is 0 Å². The first-order valence-electron chi connectivity index (χ1n) is 17.1. The number of hydrogen-bond donors (Lipinski definition) is 0. The average Bonchev–Trinajstić information content (AvgIpc) is 3.10. The highest BCUT2D eigenvalue weighted by molar-refractivity contribution is 6.35. The Morgan fingerprint density at radius 3 is 1.12 bits per heavy atom. The van der Waals surface area contributed by atoms with Crippen molar-refractivity contribution in [2.75, 3.05) is 133 Å². The van der Waals surface area contributed by atoms with Crippen LogP contribution in [0.1, 0.15) is 51.9 Å². The molecule has 0 spiro atoms. The summed E-state index contributed by atoms with van der Waals surface area (Å²) in [6.07, 6.45) is 0.231. The highest BCUT2D eigenvalue weighted by Crippen LogP contribution is 2.05. The lowest BCUT2D eigenvalue weighted by molar-refractivity contribution is -0.164. The van der Waals surface area contributed by atoms with E-state index in [0.717, 1.165) is 0 Å². The standard InChI is InChI=1S/C33H58O17/c1-3-40-13-14-42-17-18-44-21-24-47-26-28-49-31(36)10-6-7-29(34)33(38)50-32(37)9-5-4-8-30(35)48-27-25-46-23-22-45-20-19-43-16-15-41-12-11-39-2/h3-28H2,1-2H3. The van der Waals surface area contributed by atoms with E-state index >= 15 is 0 Å². The van der Waals surface area contributed by atoms with Gasteiger partial charge in [-0.2, -0.15) is 0 Å².